The van der Waals surface area contributed by atoms with Crippen LogP contribution in [0.15, 0.2) is 30.5 Å². The Labute approximate surface area is 106 Å². The average molecular weight is 270 g/mol. The van der Waals surface area contributed by atoms with Crippen LogP contribution in [0.2, 0.25) is 0 Å². The number of carboxylic acid groups (broad SMARTS) is 1. The lowest BCUT2D eigenvalue weighted by atomic mass is 10.2. The molecular formula is C12H9F3N2O2. The van der Waals surface area contributed by atoms with Crippen LogP contribution in [0.5, 0.6) is 0 Å². The summed E-state index contributed by atoms with van der Waals surface area (Å²) in [5.74, 6) is -1.97. The Morgan fingerprint density at radius 2 is 2.16 bits per heavy atom. The Morgan fingerprint density at radius 1 is 1.42 bits per heavy atom. The molecule has 1 heterocycles. The second kappa shape index (κ2) is 5.13. The number of benzene rings is 1. The van der Waals surface area contributed by atoms with Gasteiger partial charge in [0.2, 0.25) is 0 Å². The lowest BCUT2D eigenvalue weighted by Gasteiger charge is -2.08. The van der Waals surface area contributed by atoms with Crippen molar-refractivity contribution in [3.05, 3.63) is 53.1 Å². The van der Waals surface area contributed by atoms with Gasteiger partial charge in [0.1, 0.15) is 17.1 Å². The van der Waals surface area contributed by atoms with Gasteiger partial charge in [0.15, 0.2) is 0 Å². The van der Waals surface area contributed by atoms with Crippen LogP contribution in [-0.4, -0.2) is 20.9 Å². The summed E-state index contributed by atoms with van der Waals surface area (Å²) in [6.07, 6.45) is -2.11. The van der Waals surface area contributed by atoms with Gasteiger partial charge in [-0.1, -0.05) is 12.1 Å². The molecular weight excluding hydrogens is 261 g/mol. The average Bonchev–Trinajstić information content (AvgIpc) is 2.73. The van der Waals surface area contributed by atoms with E-state index in [1.165, 1.54) is 18.2 Å². The third-order valence-corrected chi connectivity index (χ3v) is 2.54. The lowest BCUT2D eigenvalue weighted by molar-refractivity contribution is 0.0682. The van der Waals surface area contributed by atoms with E-state index >= 15 is 0 Å². The number of halogens is 3. The van der Waals surface area contributed by atoms with Crippen LogP contribution in [0.3, 0.4) is 0 Å². The van der Waals surface area contributed by atoms with E-state index in [9.17, 15) is 18.0 Å². The quantitative estimate of drug-likeness (QED) is 0.929. The number of rotatable bonds is 4. The smallest absolute Gasteiger partial charge is 0.339 e. The first-order valence-corrected chi connectivity index (χ1v) is 5.30. The molecule has 7 heteroatoms. The summed E-state index contributed by atoms with van der Waals surface area (Å²) < 4.78 is 39.6. The van der Waals surface area contributed by atoms with Crippen LogP contribution in [-0.2, 0) is 6.54 Å². The minimum absolute atomic E-state index is 0.120. The molecule has 0 radical (unpaired) electrons. The van der Waals surface area contributed by atoms with Crippen molar-refractivity contribution in [3.8, 4) is 0 Å². The highest BCUT2D eigenvalue weighted by Crippen LogP contribution is 2.23. The Kier molecular flexibility index (Phi) is 3.55. The molecule has 0 atom stereocenters. The number of aromatic nitrogens is 2. The molecule has 1 N–H and O–H groups in total. The molecule has 1 aromatic carbocycles. The molecule has 0 saturated heterocycles. The van der Waals surface area contributed by atoms with Gasteiger partial charge in [-0.3, -0.25) is 4.68 Å². The van der Waals surface area contributed by atoms with Crippen molar-refractivity contribution in [1.82, 2.24) is 9.78 Å². The van der Waals surface area contributed by atoms with Gasteiger partial charge in [0.25, 0.3) is 6.43 Å². The highest BCUT2D eigenvalue weighted by atomic mass is 19.3. The SMILES string of the molecule is O=C(O)c1cnn(Cc2cccc(F)c2)c1C(F)F. The van der Waals surface area contributed by atoms with Crippen LogP contribution in [0, 0.1) is 5.82 Å². The van der Waals surface area contributed by atoms with E-state index in [0.29, 0.717) is 5.56 Å². The van der Waals surface area contributed by atoms with Crippen LogP contribution in [0.1, 0.15) is 28.0 Å². The number of nitrogens with zero attached hydrogens (tertiary/aromatic N) is 2. The predicted molar refractivity (Wildman–Crippen MR) is 59.6 cm³/mol. The summed E-state index contributed by atoms with van der Waals surface area (Å²) in [4.78, 5) is 10.8. The van der Waals surface area contributed by atoms with Crippen LogP contribution < -0.4 is 0 Å². The van der Waals surface area contributed by atoms with Gasteiger partial charge in [0, 0.05) is 0 Å². The number of aromatic carboxylic acids is 1. The highest BCUT2D eigenvalue weighted by molar-refractivity contribution is 5.88. The number of hydrogen-bond acceptors (Lipinski definition) is 2. The predicted octanol–water partition coefficient (Wildman–Crippen LogP) is 2.71. The van der Waals surface area contributed by atoms with E-state index in [0.717, 1.165) is 10.9 Å². The summed E-state index contributed by atoms with van der Waals surface area (Å²) in [6.45, 7) is -0.120. The maximum absolute atomic E-state index is 13.0. The van der Waals surface area contributed by atoms with Crippen molar-refractivity contribution in [1.29, 1.82) is 0 Å². The molecule has 0 bridgehead atoms. The largest absolute Gasteiger partial charge is 0.478 e. The van der Waals surface area contributed by atoms with Gasteiger partial charge in [0.05, 0.1) is 12.7 Å². The Morgan fingerprint density at radius 3 is 2.74 bits per heavy atom. The third-order valence-electron chi connectivity index (χ3n) is 2.54. The molecule has 1 aromatic heterocycles. The van der Waals surface area contributed by atoms with Crippen LogP contribution in [0.4, 0.5) is 13.2 Å². The second-order valence-electron chi connectivity index (χ2n) is 3.84. The topological polar surface area (TPSA) is 55.1 Å². The van der Waals surface area contributed by atoms with Crippen molar-refractivity contribution < 1.29 is 23.1 Å². The second-order valence-corrected chi connectivity index (χ2v) is 3.84. The molecule has 100 valence electrons. The summed E-state index contributed by atoms with van der Waals surface area (Å²) in [5, 5.41) is 12.4. The summed E-state index contributed by atoms with van der Waals surface area (Å²) in [5.41, 5.74) is -0.815. The normalized spacial score (nSPS) is 10.9. The molecule has 2 aromatic rings. The lowest BCUT2D eigenvalue weighted by Crippen LogP contribution is -2.10. The molecule has 0 unspecified atom stereocenters. The Balaban J connectivity index is 2.38. The van der Waals surface area contributed by atoms with E-state index in [-0.39, 0.29) is 6.54 Å². The number of carboxylic acids is 1. The van der Waals surface area contributed by atoms with Crippen LogP contribution >= 0.6 is 0 Å². The van der Waals surface area contributed by atoms with Gasteiger partial charge in [-0.15, -0.1) is 0 Å². The Bertz CT molecular complexity index is 611. The maximum atomic E-state index is 13.0. The van der Waals surface area contributed by atoms with Crippen molar-refractivity contribution in [3.63, 3.8) is 0 Å². The van der Waals surface area contributed by atoms with Gasteiger partial charge < -0.3 is 5.11 Å². The molecule has 19 heavy (non-hydrogen) atoms. The molecule has 0 fully saturated rings. The first kappa shape index (κ1) is 13.1. The fourth-order valence-electron chi connectivity index (χ4n) is 1.72. The van der Waals surface area contributed by atoms with E-state index in [1.54, 1.807) is 6.07 Å². The number of carbonyl (C=O) groups is 1. The summed E-state index contributed by atoms with van der Waals surface area (Å²) in [7, 11) is 0. The summed E-state index contributed by atoms with van der Waals surface area (Å²) >= 11 is 0. The van der Waals surface area contributed by atoms with E-state index in [1.807, 2.05) is 0 Å². The minimum atomic E-state index is -2.97. The molecule has 0 spiro atoms. The van der Waals surface area contributed by atoms with Gasteiger partial charge in [-0.25, -0.2) is 18.0 Å². The van der Waals surface area contributed by atoms with Gasteiger partial charge in [-0.2, -0.15) is 5.10 Å². The fourth-order valence-corrected chi connectivity index (χ4v) is 1.72. The first-order valence-electron chi connectivity index (χ1n) is 5.30. The Hall–Kier alpha value is -2.31. The number of hydrogen-bond donors (Lipinski definition) is 1. The molecule has 0 aliphatic heterocycles. The zero-order chi connectivity index (χ0) is 14.0. The zero-order valence-corrected chi connectivity index (χ0v) is 9.55. The summed E-state index contributed by atoms with van der Waals surface area (Å²) in [6, 6.07) is 5.38. The molecule has 0 amide bonds. The van der Waals surface area contributed by atoms with Crippen molar-refractivity contribution in [2.24, 2.45) is 0 Å². The molecule has 4 nitrogen and oxygen atoms in total. The van der Waals surface area contributed by atoms with Crippen molar-refractivity contribution in [2.75, 3.05) is 0 Å². The van der Waals surface area contributed by atoms with Crippen molar-refractivity contribution >= 4 is 5.97 Å². The van der Waals surface area contributed by atoms with Gasteiger partial charge >= 0.3 is 5.97 Å². The van der Waals surface area contributed by atoms with Gasteiger partial charge in [-0.05, 0) is 17.7 Å². The maximum Gasteiger partial charge on any atom is 0.339 e. The first-order chi connectivity index (χ1) is 8.99. The standard InChI is InChI=1S/C12H9F3N2O2/c13-8-3-1-2-7(4-8)6-17-10(11(14)15)9(5-16-17)12(18)19/h1-5,11H,6H2,(H,18,19). The zero-order valence-electron chi connectivity index (χ0n) is 9.55. The highest BCUT2D eigenvalue weighted by Gasteiger charge is 2.24. The molecule has 0 saturated carbocycles. The molecule has 0 aliphatic rings. The minimum Gasteiger partial charge on any atom is -0.478 e. The third kappa shape index (κ3) is 2.75. The fraction of sp³-hybridized carbons (Fsp3) is 0.167. The number of alkyl halides is 2. The monoisotopic (exact) mass is 270 g/mol. The van der Waals surface area contributed by atoms with E-state index in [4.69, 9.17) is 5.11 Å². The van der Waals surface area contributed by atoms with E-state index in [2.05, 4.69) is 5.10 Å². The van der Waals surface area contributed by atoms with E-state index < -0.39 is 29.5 Å². The molecule has 2 rings (SSSR count). The van der Waals surface area contributed by atoms with Crippen LogP contribution in [0.25, 0.3) is 0 Å². The molecule has 0 aliphatic carbocycles. The van der Waals surface area contributed by atoms with Crippen molar-refractivity contribution in [2.45, 2.75) is 13.0 Å².